The Bertz CT molecular complexity index is 519. The number of pyridine rings is 1. The molecule has 2 rings (SSSR count). The minimum Gasteiger partial charge on any atom is -0.311 e. The van der Waals surface area contributed by atoms with Gasteiger partial charge in [-0.3, -0.25) is 10.1 Å². The van der Waals surface area contributed by atoms with Crippen LogP contribution in [0.1, 0.15) is 5.56 Å². The zero-order chi connectivity index (χ0) is 11.5. The summed E-state index contributed by atoms with van der Waals surface area (Å²) in [5, 5.41) is 9.51. The molecule has 0 aliphatic heterocycles. The first-order valence-corrected chi connectivity index (χ1v) is 4.96. The highest BCUT2D eigenvalue weighted by Crippen LogP contribution is 2.06. The van der Waals surface area contributed by atoms with Gasteiger partial charge in [-0.2, -0.15) is 4.98 Å². The Morgan fingerprint density at radius 1 is 1.50 bits per heavy atom. The highest BCUT2D eigenvalue weighted by molar-refractivity contribution is 5.90. The Hall–Kier alpha value is -1.95. The van der Waals surface area contributed by atoms with Gasteiger partial charge in [-0.25, -0.2) is 4.52 Å². The number of nitrogens with zero attached hydrogens (tertiary/aromatic N) is 3. The van der Waals surface area contributed by atoms with Crippen LogP contribution in [0.25, 0.3) is 5.65 Å². The number of carbonyl (C=O) groups is 1. The molecule has 6 heteroatoms. The van der Waals surface area contributed by atoms with E-state index in [2.05, 4.69) is 20.7 Å². The van der Waals surface area contributed by atoms with Crippen LogP contribution in [0, 0.1) is 6.92 Å². The molecule has 0 fully saturated rings. The summed E-state index contributed by atoms with van der Waals surface area (Å²) in [7, 11) is 1.71. The fraction of sp³-hybridized carbons (Fsp3) is 0.300. The van der Waals surface area contributed by atoms with Gasteiger partial charge in [0.15, 0.2) is 5.65 Å². The molecular weight excluding hydrogens is 206 g/mol. The van der Waals surface area contributed by atoms with Gasteiger partial charge in [0, 0.05) is 6.20 Å². The molecule has 2 aromatic rings. The average molecular weight is 219 g/mol. The number of amides is 1. The van der Waals surface area contributed by atoms with Gasteiger partial charge < -0.3 is 5.32 Å². The van der Waals surface area contributed by atoms with E-state index in [0.29, 0.717) is 11.6 Å². The minimum absolute atomic E-state index is 0.157. The van der Waals surface area contributed by atoms with Crippen LogP contribution in [0.15, 0.2) is 18.3 Å². The van der Waals surface area contributed by atoms with E-state index in [-0.39, 0.29) is 12.5 Å². The van der Waals surface area contributed by atoms with Gasteiger partial charge in [-0.15, -0.1) is 5.10 Å². The van der Waals surface area contributed by atoms with E-state index in [1.165, 1.54) is 0 Å². The first-order valence-electron chi connectivity index (χ1n) is 4.96. The molecule has 16 heavy (non-hydrogen) atoms. The SMILES string of the molecule is CNCC(=O)Nc1nc2ccc(C)cn2n1. The first kappa shape index (κ1) is 10.6. The number of hydrogen-bond acceptors (Lipinski definition) is 4. The molecule has 0 unspecified atom stereocenters. The first-order chi connectivity index (χ1) is 7.69. The molecule has 1 amide bonds. The summed E-state index contributed by atoms with van der Waals surface area (Å²) in [6.07, 6.45) is 1.86. The van der Waals surface area contributed by atoms with Gasteiger partial charge in [0.2, 0.25) is 11.9 Å². The Labute approximate surface area is 92.7 Å². The molecule has 0 aromatic carbocycles. The van der Waals surface area contributed by atoms with Crippen LogP contribution in [0.2, 0.25) is 0 Å². The summed E-state index contributed by atoms with van der Waals surface area (Å²) in [5.41, 5.74) is 1.80. The monoisotopic (exact) mass is 219 g/mol. The van der Waals surface area contributed by atoms with E-state index >= 15 is 0 Å². The zero-order valence-electron chi connectivity index (χ0n) is 9.19. The fourth-order valence-corrected chi connectivity index (χ4v) is 1.37. The van der Waals surface area contributed by atoms with Gasteiger partial charge >= 0.3 is 0 Å². The zero-order valence-corrected chi connectivity index (χ0v) is 9.19. The molecule has 2 N–H and O–H groups in total. The predicted molar refractivity (Wildman–Crippen MR) is 60.3 cm³/mol. The summed E-state index contributed by atoms with van der Waals surface area (Å²) >= 11 is 0. The number of rotatable bonds is 3. The van der Waals surface area contributed by atoms with E-state index in [4.69, 9.17) is 0 Å². The summed E-state index contributed by atoms with van der Waals surface area (Å²) in [6, 6.07) is 3.80. The van der Waals surface area contributed by atoms with Crippen LogP contribution < -0.4 is 10.6 Å². The van der Waals surface area contributed by atoms with Gasteiger partial charge in [-0.1, -0.05) is 6.07 Å². The third-order valence-corrected chi connectivity index (χ3v) is 2.07. The van der Waals surface area contributed by atoms with Crippen molar-refractivity contribution in [1.29, 1.82) is 0 Å². The molecular formula is C10H13N5O. The summed E-state index contributed by atoms with van der Waals surface area (Å²) in [6.45, 7) is 2.22. The lowest BCUT2D eigenvalue weighted by Gasteiger charge is -1.97. The van der Waals surface area contributed by atoms with Crippen LogP contribution in [0.3, 0.4) is 0 Å². The van der Waals surface area contributed by atoms with Crippen molar-refractivity contribution < 1.29 is 4.79 Å². The van der Waals surface area contributed by atoms with Crippen LogP contribution in [-0.2, 0) is 4.79 Å². The second kappa shape index (κ2) is 4.28. The minimum atomic E-state index is -0.157. The number of carbonyl (C=O) groups excluding carboxylic acids is 1. The topological polar surface area (TPSA) is 71.3 Å². The predicted octanol–water partition coefficient (Wildman–Crippen LogP) is 0.196. The lowest BCUT2D eigenvalue weighted by Crippen LogP contribution is -2.25. The van der Waals surface area contributed by atoms with E-state index < -0.39 is 0 Å². The van der Waals surface area contributed by atoms with Crippen LogP contribution in [-0.4, -0.2) is 34.1 Å². The maximum atomic E-state index is 11.3. The Morgan fingerprint density at radius 2 is 2.31 bits per heavy atom. The summed E-state index contributed by atoms with van der Waals surface area (Å²) in [5.74, 6) is 0.168. The Balaban J connectivity index is 2.23. The van der Waals surface area contributed by atoms with Crippen LogP contribution in [0.4, 0.5) is 5.95 Å². The van der Waals surface area contributed by atoms with Crippen molar-refractivity contribution in [2.45, 2.75) is 6.92 Å². The maximum Gasteiger partial charge on any atom is 0.249 e. The molecule has 0 bridgehead atoms. The third kappa shape index (κ3) is 2.17. The Morgan fingerprint density at radius 3 is 3.06 bits per heavy atom. The highest BCUT2D eigenvalue weighted by Gasteiger charge is 2.06. The van der Waals surface area contributed by atoms with E-state index in [1.54, 1.807) is 11.6 Å². The molecule has 0 saturated carbocycles. The lowest BCUT2D eigenvalue weighted by molar-refractivity contribution is -0.115. The van der Waals surface area contributed by atoms with Crippen molar-refractivity contribution in [2.75, 3.05) is 18.9 Å². The molecule has 84 valence electrons. The van der Waals surface area contributed by atoms with Crippen molar-refractivity contribution in [1.82, 2.24) is 19.9 Å². The summed E-state index contributed by atoms with van der Waals surface area (Å²) in [4.78, 5) is 15.5. The molecule has 0 aliphatic carbocycles. The normalized spacial score (nSPS) is 10.6. The average Bonchev–Trinajstić information content (AvgIpc) is 2.59. The van der Waals surface area contributed by atoms with Gasteiger partial charge in [-0.05, 0) is 25.6 Å². The second-order valence-electron chi connectivity index (χ2n) is 3.52. The molecule has 0 atom stereocenters. The van der Waals surface area contributed by atoms with Crippen molar-refractivity contribution in [2.24, 2.45) is 0 Å². The number of aryl methyl sites for hydroxylation is 1. The number of hydrogen-bond donors (Lipinski definition) is 2. The van der Waals surface area contributed by atoms with Gasteiger partial charge in [0.05, 0.1) is 6.54 Å². The molecule has 2 heterocycles. The smallest absolute Gasteiger partial charge is 0.249 e. The number of fused-ring (bicyclic) bond motifs is 1. The molecule has 2 aromatic heterocycles. The number of anilines is 1. The van der Waals surface area contributed by atoms with Crippen molar-refractivity contribution in [3.05, 3.63) is 23.9 Å². The molecule has 0 saturated heterocycles. The molecule has 6 nitrogen and oxygen atoms in total. The van der Waals surface area contributed by atoms with Gasteiger partial charge in [0.25, 0.3) is 0 Å². The van der Waals surface area contributed by atoms with Crippen molar-refractivity contribution in [3.8, 4) is 0 Å². The molecule has 0 aliphatic rings. The summed E-state index contributed by atoms with van der Waals surface area (Å²) < 4.78 is 1.64. The standard InChI is InChI=1S/C10H13N5O/c1-7-3-4-8-12-10(14-15(8)6-7)13-9(16)5-11-2/h3-4,6,11H,5H2,1-2H3,(H,13,14,16). The second-order valence-corrected chi connectivity index (χ2v) is 3.52. The largest absolute Gasteiger partial charge is 0.311 e. The van der Waals surface area contributed by atoms with Crippen LogP contribution >= 0.6 is 0 Å². The third-order valence-electron chi connectivity index (χ3n) is 2.07. The van der Waals surface area contributed by atoms with E-state index in [0.717, 1.165) is 5.56 Å². The number of likely N-dealkylation sites (N-methyl/N-ethyl adjacent to an activating group) is 1. The number of nitrogens with one attached hydrogen (secondary N) is 2. The van der Waals surface area contributed by atoms with E-state index in [9.17, 15) is 4.79 Å². The maximum absolute atomic E-state index is 11.3. The Kier molecular flexibility index (Phi) is 2.82. The highest BCUT2D eigenvalue weighted by atomic mass is 16.2. The van der Waals surface area contributed by atoms with E-state index in [1.807, 2.05) is 25.3 Å². The molecule has 0 spiro atoms. The molecule has 0 radical (unpaired) electrons. The fourth-order valence-electron chi connectivity index (χ4n) is 1.37. The van der Waals surface area contributed by atoms with Crippen molar-refractivity contribution >= 4 is 17.5 Å². The lowest BCUT2D eigenvalue weighted by atomic mass is 10.3. The quantitative estimate of drug-likeness (QED) is 0.773. The van der Waals surface area contributed by atoms with Crippen LogP contribution in [0.5, 0.6) is 0 Å². The van der Waals surface area contributed by atoms with Crippen molar-refractivity contribution in [3.63, 3.8) is 0 Å². The number of aromatic nitrogens is 3. The van der Waals surface area contributed by atoms with Gasteiger partial charge in [0.1, 0.15) is 0 Å².